The van der Waals surface area contributed by atoms with Crippen LogP contribution in [0, 0.1) is 5.82 Å². The molecule has 2 aliphatic rings. The summed E-state index contributed by atoms with van der Waals surface area (Å²) in [7, 11) is 0. The number of nitrogens with one attached hydrogen (secondary N) is 1. The van der Waals surface area contributed by atoms with Crippen LogP contribution in [0.2, 0.25) is 0 Å². The minimum atomic E-state index is -0.118. The third-order valence-electron chi connectivity index (χ3n) is 5.13. The largest absolute Gasteiger partial charge is 0.382 e. The summed E-state index contributed by atoms with van der Waals surface area (Å²) in [5.41, 5.74) is 3.27. The van der Waals surface area contributed by atoms with E-state index in [0.29, 0.717) is 0 Å². The van der Waals surface area contributed by atoms with E-state index in [9.17, 15) is 4.39 Å². The zero-order valence-corrected chi connectivity index (χ0v) is 13.8. The fraction of sp³-hybridized carbons (Fsp3) is 0.389. The van der Waals surface area contributed by atoms with E-state index in [2.05, 4.69) is 27.3 Å². The van der Waals surface area contributed by atoms with Crippen molar-refractivity contribution in [1.82, 2.24) is 9.88 Å². The standard InChI is InChI=1S/C18H20FN3.ClH/c19-16-5-1-4-15-17(16)21-13-18(15)6-9-22(10-7-18)12-14-3-2-8-20-11-14;/h1-5,8,11,21H,6-7,9-10,12-13H2;1H. The van der Waals surface area contributed by atoms with Crippen LogP contribution in [-0.2, 0) is 12.0 Å². The molecule has 0 saturated carbocycles. The molecule has 2 aliphatic heterocycles. The van der Waals surface area contributed by atoms with Crippen molar-refractivity contribution in [2.45, 2.75) is 24.8 Å². The Morgan fingerprint density at radius 2 is 2.00 bits per heavy atom. The molecule has 0 aliphatic carbocycles. The number of fused-ring (bicyclic) bond motifs is 2. The maximum absolute atomic E-state index is 13.9. The van der Waals surface area contributed by atoms with Gasteiger partial charge in [0.1, 0.15) is 5.82 Å². The van der Waals surface area contributed by atoms with E-state index in [1.165, 1.54) is 11.1 Å². The van der Waals surface area contributed by atoms with Gasteiger partial charge in [-0.1, -0.05) is 18.2 Å². The average Bonchev–Trinajstić information content (AvgIpc) is 2.91. The lowest BCUT2D eigenvalue weighted by atomic mass is 9.74. The molecule has 1 fully saturated rings. The van der Waals surface area contributed by atoms with E-state index >= 15 is 0 Å². The van der Waals surface area contributed by atoms with Crippen LogP contribution in [0.4, 0.5) is 10.1 Å². The molecule has 5 heteroatoms. The van der Waals surface area contributed by atoms with Gasteiger partial charge in [-0.3, -0.25) is 9.88 Å². The van der Waals surface area contributed by atoms with Crippen LogP contribution in [0.25, 0.3) is 0 Å². The quantitative estimate of drug-likeness (QED) is 0.910. The second-order valence-electron chi connectivity index (χ2n) is 6.43. The molecule has 23 heavy (non-hydrogen) atoms. The number of rotatable bonds is 2. The van der Waals surface area contributed by atoms with Crippen LogP contribution in [0.5, 0.6) is 0 Å². The highest BCUT2D eigenvalue weighted by Gasteiger charge is 2.42. The van der Waals surface area contributed by atoms with Crippen molar-refractivity contribution in [2.75, 3.05) is 25.0 Å². The SMILES string of the molecule is Cl.Fc1cccc2c1NCC21CCN(Cc2cccnc2)CC1. The van der Waals surface area contributed by atoms with Gasteiger partial charge in [-0.25, -0.2) is 4.39 Å². The third-order valence-corrected chi connectivity index (χ3v) is 5.13. The van der Waals surface area contributed by atoms with Crippen molar-refractivity contribution in [3.63, 3.8) is 0 Å². The maximum atomic E-state index is 13.9. The van der Waals surface area contributed by atoms with Gasteiger partial charge in [-0.05, 0) is 49.2 Å². The lowest BCUT2D eigenvalue weighted by molar-refractivity contribution is 0.162. The molecular formula is C18H21ClFN3. The number of piperidine rings is 1. The van der Waals surface area contributed by atoms with Gasteiger partial charge in [-0.15, -0.1) is 12.4 Å². The Hall–Kier alpha value is -1.65. The molecule has 1 saturated heterocycles. The minimum absolute atomic E-state index is 0. The molecule has 4 rings (SSSR count). The van der Waals surface area contributed by atoms with Crippen molar-refractivity contribution in [1.29, 1.82) is 0 Å². The Labute approximate surface area is 142 Å². The maximum Gasteiger partial charge on any atom is 0.146 e. The smallest absolute Gasteiger partial charge is 0.146 e. The third kappa shape index (κ3) is 2.93. The second-order valence-corrected chi connectivity index (χ2v) is 6.43. The molecule has 2 aromatic rings. The van der Waals surface area contributed by atoms with Crippen LogP contribution >= 0.6 is 12.4 Å². The Kier molecular flexibility index (Phi) is 4.55. The lowest BCUT2D eigenvalue weighted by Crippen LogP contribution is -2.43. The normalized spacial score (nSPS) is 19.0. The Bertz CT molecular complexity index is 669. The zero-order chi connectivity index (χ0) is 15.0. The molecule has 1 aromatic heterocycles. The van der Waals surface area contributed by atoms with Crippen LogP contribution in [0.3, 0.4) is 0 Å². The molecule has 122 valence electrons. The van der Waals surface area contributed by atoms with E-state index in [1.54, 1.807) is 6.07 Å². The number of likely N-dealkylation sites (tertiary alicyclic amines) is 1. The molecule has 0 amide bonds. The predicted molar refractivity (Wildman–Crippen MR) is 92.6 cm³/mol. The van der Waals surface area contributed by atoms with Crippen LogP contribution in [0.1, 0.15) is 24.0 Å². The summed E-state index contributed by atoms with van der Waals surface area (Å²) in [6.45, 7) is 3.91. The summed E-state index contributed by atoms with van der Waals surface area (Å²) in [5.74, 6) is -0.118. The van der Waals surface area contributed by atoms with Crippen LogP contribution in [0.15, 0.2) is 42.7 Å². The van der Waals surface area contributed by atoms with Gasteiger partial charge in [0.25, 0.3) is 0 Å². The second kappa shape index (κ2) is 6.46. The van der Waals surface area contributed by atoms with Gasteiger partial charge in [0, 0.05) is 30.9 Å². The predicted octanol–water partition coefficient (Wildman–Crippen LogP) is 3.60. The highest BCUT2D eigenvalue weighted by Crippen LogP contribution is 2.44. The molecule has 1 N–H and O–H groups in total. The fourth-order valence-corrected chi connectivity index (χ4v) is 3.83. The summed E-state index contributed by atoms with van der Waals surface area (Å²) < 4.78 is 13.9. The van der Waals surface area contributed by atoms with Crippen molar-refractivity contribution >= 4 is 18.1 Å². The summed E-state index contributed by atoms with van der Waals surface area (Å²) in [5, 5.41) is 3.29. The minimum Gasteiger partial charge on any atom is -0.382 e. The van der Waals surface area contributed by atoms with Crippen LogP contribution in [-0.4, -0.2) is 29.5 Å². The summed E-state index contributed by atoms with van der Waals surface area (Å²) >= 11 is 0. The van der Waals surface area contributed by atoms with Gasteiger partial charge >= 0.3 is 0 Å². The molecule has 0 unspecified atom stereocenters. The number of hydrogen-bond donors (Lipinski definition) is 1. The Morgan fingerprint density at radius 1 is 1.17 bits per heavy atom. The monoisotopic (exact) mass is 333 g/mol. The highest BCUT2D eigenvalue weighted by molar-refractivity contribution is 5.85. The lowest BCUT2D eigenvalue weighted by Gasteiger charge is -2.39. The van der Waals surface area contributed by atoms with Crippen LogP contribution < -0.4 is 5.32 Å². The topological polar surface area (TPSA) is 28.2 Å². The van der Waals surface area contributed by atoms with Gasteiger partial charge in [0.15, 0.2) is 0 Å². The molecule has 0 atom stereocenters. The molecule has 3 heterocycles. The Morgan fingerprint density at radius 3 is 2.74 bits per heavy atom. The average molecular weight is 334 g/mol. The number of benzene rings is 1. The summed E-state index contributed by atoms with van der Waals surface area (Å²) in [4.78, 5) is 6.65. The Balaban J connectivity index is 0.00000156. The number of nitrogens with zero attached hydrogens (tertiary/aromatic N) is 2. The number of para-hydroxylation sites is 1. The van der Waals surface area contributed by atoms with Crippen molar-refractivity contribution in [3.05, 3.63) is 59.7 Å². The van der Waals surface area contributed by atoms with Crippen molar-refractivity contribution in [3.8, 4) is 0 Å². The molecule has 0 radical (unpaired) electrons. The highest BCUT2D eigenvalue weighted by atomic mass is 35.5. The van der Waals surface area contributed by atoms with Crippen molar-refractivity contribution in [2.24, 2.45) is 0 Å². The fourth-order valence-electron chi connectivity index (χ4n) is 3.83. The molecule has 3 nitrogen and oxygen atoms in total. The van der Waals surface area contributed by atoms with E-state index < -0.39 is 0 Å². The molecular weight excluding hydrogens is 313 g/mol. The first-order valence-electron chi connectivity index (χ1n) is 7.91. The number of aromatic nitrogens is 1. The van der Waals surface area contributed by atoms with Crippen molar-refractivity contribution < 1.29 is 4.39 Å². The summed E-state index contributed by atoms with van der Waals surface area (Å²) in [6.07, 6.45) is 5.91. The number of pyridine rings is 1. The first-order chi connectivity index (χ1) is 10.8. The van der Waals surface area contributed by atoms with E-state index in [4.69, 9.17) is 0 Å². The molecule has 0 bridgehead atoms. The zero-order valence-electron chi connectivity index (χ0n) is 13.0. The van der Waals surface area contributed by atoms with E-state index in [1.807, 2.05) is 24.5 Å². The molecule has 1 spiro atoms. The van der Waals surface area contributed by atoms with E-state index in [-0.39, 0.29) is 23.6 Å². The van der Waals surface area contributed by atoms with E-state index in [0.717, 1.165) is 44.7 Å². The number of hydrogen-bond acceptors (Lipinski definition) is 3. The van der Waals surface area contributed by atoms with Gasteiger partial charge in [-0.2, -0.15) is 0 Å². The first kappa shape index (κ1) is 16.2. The summed E-state index contributed by atoms with van der Waals surface area (Å²) in [6, 6.07) is 9.59. The first-order valence-corrected chi connectivity index (χ1v) is 7.91. The molecule has 1 aromatic carbocycles. The van der Waals surface area contributed by atoms with Gasteiger partial charge in [0.05, 0.1) is 5.69 Å². The number of halogens is 2. The van der Waals surface area contributed by atoms with Gasteiger partial charge in [0.2, 0.25) is 0 Å². The number of anilines is 1. The van der Waals surface area contributed by atoms with Gasteiger partial charge < -0.3 is 5.32 Å².